The number of nitrogens with zero attached hydrogens (tertiary/aromatic N) is 2. The predicted molar refractivity (Wildman–Crippen MR) is 106 cm³/mol. The number of likely N-dealkylation sites (N-methyl/N-ethyl adjacent to an activating group) is 1. The van der Waals surface area contributed by atoms with Gasteiger partial charge in [-0.15, -0.1) is 0 Å². The quantitative estimate of drug-likeness (QED) is 0.605. The van der Waals surface area contributed by atoms with Crippen LogP contribution in [-0.4, -0.2) is 51.7 Å². The van der Waals surface area contributed by atoms with E-state index in [0.717, 1.165) is 36.6 Å². The second-order valence-corrected chi connectivity index (χ2v) is 7.45. The highest BCUT2D eigenvalue weighted by atomic mass is 16.3. The second-order valence-electron chi connectivity index (χ2n) is 7.45. The van der Waals surface area contributed by atoms with Gasteiger partial charge in [0.05, 0.1) is 11.3 Å². The zero-order valence-electron chi connectivity index (χ0n) is 16.5. The van der Waals surface area contributed by atoms with E-state index in [4.69, 9.17) is 0 Å². The van der Waals surface area contributed by atoms with E-state index in [1.807, 2.05) is 30.3 Å². The summed E-state index contributed by atoms with van der Waals surface area (Å²) >= 11 is 0. The molecule has 2 aromatic rings. The molecule has 1 aromatic carbocycles. The Morgan fingerprint density at radius 1 is 1.29 bits per heavy atom. The molecule has 1 aliphatic heterocycles. The van der Waals surface area contributed by atoms with Crippen LogP contribution in [0.25, 0.3) is 11.4 Å². The summed E-state index contributed by atoms with van der Waals surface area (Å²) in [6, 6.07) is 8.62. The molecule has 0 saturated heterocycles. The van der Waals surface area contributed by atoms with Crippen LogP contribution in [-0.2, 0) is 17.9 Å². The van der Waals surface area contributed by atoms with Gasteiger partial charge in [-0.25, -0.2) is 4.98 Å². The summed E-state index contributed by atoms with van der Waals surface area (Å²) < 4.78 is 2.06. The highest BCUT2D eigenvalue weighted by Gasteiger charge is 2.36. The van der Waals surface area contributed by atoms with Crippen molar-refractivity contribution in [3.05, 3.63) is 41.7 Å². The van der Waals surface area contributed by atoms with Crippen molar-refractivity contribution >= 4 is 11.8 Å². The van der Waals surface area contributed by atoms with Crippen LogP contribution in [0.2, 0.25) is 0 Å². The summed E-state index contributed by atoms with van der Waals surface area (Å²) in [4.78, 5) is 29.8. The maximum atomic E-state index is 13.0. The molecule has 2 heterocycles. The third kappa shape index (κ3) is 4.07. The molecule has 1 aliphatic rings. The van der Waals surface area contributed by atoms with E-state index in [0.29, 0.717) is 6.54 Å². The van der Waals surface area contributed by atoms with Crippen molar-refractivity contribution in [1.29, 1.82) is 0 Å². The number of aliphatic hydroxyl groups is 1. The Hall–Kier alpha value is -2.71. The third-order valence-corrected chi connectivity index (χ3v) is 4.84. The molecule has 2 amide bonds. The van der Waals surface area contributed by atoms with Gasteiger partial charge >= 0.3 is 0 Å². The number of rotatable bonds is 5. The molecule has 150 valence electrons. The number of fused-ring (bicyclic) bond motifs is 1. The first-order chi connectivity index (χ1) is 13.3. The average molecular weight is 385 g/mol. The van der Waals surface area contributed by atoms with Crippen LogP contribution < -0.4 is 16.0 Å². The minimum absolute atomic E-state index is 0.270. The first kappa shape index (κ1) is 20.0. The molecule has 1 aromatic heterocycles. The lowest BCUT2D eigenvalue weighted by atomic mass is 9.98. The molecule has 0 radical (unpaired) electrons. The number of benzene rings is 1. The number of hydrogen-bond donors (Lipinski definition) is 4. The summed E-state index contributed by atoms with van der Waals surface area (Å²) in [5.74, 6) is -0.220. The second kappa shape index (κ2) is 8.12. The van der Waals surface area contributed by atoms with Crippen LogP contribution in [0.4, 0.5) is 0 Å². The molecule has 3 rings (SSSR count). The van der Waals surface area contributed by atoms with Crippen LogP contribution >= 0.6 is 0 Å². The van der Waals surface area contributed by atoms with E-state index < -0.39 is 23.5 Å². The zero-order valence-corrected chi connectivity index (χ0v) is 16.5. The molecule has 0 fully saturated rings. The molecule has 8 nitrogen and oxygen atoms in total. The smallest absolute Gasteiger partial charge is 0.272 e. The van der Waals surface area contributed by atoms with Crippen molar-refractivity contribution in [3.63, 3.8) is 0 Å². The lowest BCUT2D eigenvalue weighted by Gasteiger charge is -2.28. The lowest BCUT2D eigenvalue weighted by Crippen LogP contribution is -2.57. The summed E-state index contributed by atoms with van der Waals surface area (Å²) in [7, 11) is 1.47. The first-order valence-electron chi connectivity index (χ1n) is 9.43. The molecule has 0 spiro atoms. The van der Waals surface area contributed by atoms with Crippen molar-refractivity contribution < 1.29 is 14.7 Å². The van der Waals surface area contributed by atoms with Crippen LogP contribution in [0, 0.1) is 0 Å². The van der Waals surface area contributed by atoms with Crippen molar-refractivity contribution in [1.82, 2.24) is 25.5 Å². The molecule has 0 aliphatic carbocycles. The molecular weight excluding hydrogens is 358 g/mol. The van der Waals surface area contributed by atoms with E-state index in [2.05, 4.69) is 25.5 Å². The Balaban J connectivity index is 2.00. The Labute approximate surface area is 164 Å². The summed E-state index contributed by atoms with van der Waals surface area (Å²) in [5, 5.41) is 18.8. The molecular formula is C20H27N5O3. The first-order valence-corrected chi connectivity index (χ1v) is 9.43. The maximum Gasteiger partial charge on any atom is 0.272 e. The van der Waals surface area contributed by atoms with Crippen molar-refractivity contribution in [2.75, 3.05) is 13.6 Å². The molecule has 8 heteroatoms. The standard InChI is InChI=1S/C20H27N5O3/c1-20(2,28)16(19(27)21-3)24-18(26)15-14-12-22-10-7-11-25(14)17(23-15)13-8-5-4-6-9-13/h4-6,8-9,16,22,28H,7,10-12H2,1-3H3,(H,21,27)(H,24,26). The Bertz CT molecular complexity index is 855. The van der Waals surface area contributed by atoms with E-state index in [-0.39, 0.29) is 5.69 Å². The van der Waals surface area contributed by atoms with Crippen LogP contribution in [0.1, 0.15) is 36.5 Å². The topological polar surface area (TPSA) is 108 Å². The highest BCUT2D eigenvalue weighted by molar-refractivity contribution is 5.98. The fraction of sp³-hybridized carbons (Fsp3) is 0.450. The summed E-state index contributed by atoms with van der Waals surface area (Å²) in [6.45, 7) is 5.07. The third-order valence-electron chi connectivity index (χ3n) is 4.84. The monoisotopic (exact) mass is 385 g/mol. The van der Waals surface area contributed by atoms with Crippen LogP contribution in [0.3, 0.4) is 0 Å². The van der Waals surface area contributed by atoms with Gasteiger partial charge in [0, 0.05) is 25.7 Å². The van der Waals surface area contributed by atoms with E-state index >= 15 is 0 Å². The van der Waals surface area contributed by atoms with Gasteiger partial charge < -0.3 is 25.6 Å². The SMILES string of the molecule is CNC(=O)C(NC(=O)c1nc(-c2ccccc2)n2c1CNCCC2)C(C)(C)O. The van der Waals surface area contributed by atoms with Gasteiger partial charge in [0.2, 0.25) is 5.91 Å². The Morgan fingerprint density at radius 3 is 2.64 bits per heavy atom. The number of carbonyl (C=O) groups is 2. The Morgan fingerprint density at radius 2 is 2.00 bits per heavy atom. The lowest BCUT2D eigenvalue weighted by molar-refractivity contribution is -0.127. The molecule has 28 heavy (non-hydrogen) atoms. The molecule has 1 unspecified atom stereocenters. The maximum absolute atomic E-state index is 13.0. The number of carbonyl (C=O) groups excluding carboxylic acids is 2. The number of imidazole rings is 1. The number of aromatic nitrogens is 2. The number of nitrogens with one attached hydrogen (secondary N) is 3. The van der Waals surface area contributed by atoms with Gasteiger partial charge in [-0.1, -0.05) is 30.3 Å². The minimum atomic E-state index is -1.42. The fourth-order valence-electron chi connectivity index (χ4n) is 3.37. The molecule has 0 bridgehead atoms. The molecule has 0 saturated carbocycles. The van der Waals surface area contributed by atoms with Crippen molar-refractivity contribution in [3.8, 4) is 11.4 Å². The van der Waals surface area contributed by atoms with Crippen molar-refractivity contribution in [2.45, 2.75) is 45.0 Å². The number of hydrogen-bond acceptors (Lipinski definition) is 5. The van der Waals surface area contributed by atoms with Crippen LogP contribution in [0.5, 0.6) is 0 Å². The summed E-state index contributed by atoms with van der Waals surface area (Å²) in [5.41, 5.74) is 0.550. The fourth-order valence-corrected chi connectivity index (χ4v) is 3.37. The van der Waals surface area contributed by atoms with Gasteiger partial charge in [-0.2, -0.15) is 0 Å². The molecule has 1 atom stereocenters. The van der Waals surface area contributed by atoms with Gasteiger partial charge in [0.15, 0.2) is 5.69 Å². The Kier molecular flexibility index (Phi) is 5.81. The predicted octanol–water partition coefficient (Wildman–Crippen LogP) is 0.659. The van der Waals surface area contributed by atoms with Crippen LogP contribution in [0.15, 0.2) is 30.3 Å². The average Bonchev–Trinajstić information content (AvgIpc) is 2.86. The van der Waals surface area contributed by atoms with Gasteiger partial charge in [-0.3, -0.25) is 9.59 Å². The minimum Gasteiger partial charge on any atom is -0.388 e. The van der Waals surface area contributed by atoms with Gasteiger partial charge in [0.25, 0.3) is 5.91 Å². The zero-order chi connectivity index (χ0) is 20.3. The van der Waals surface area contributed by atoms with E-state index in [9.17, 15) is 14.7 Å². The van der Waals surface area contributed by atoms with Gasteiger partial charge in [-0.05, 0) is 26.8 Å². The number of amides is 2. The highest BCUT2D eigenvalue weighted by Crippen LogP contribution is 2.24. The summed E-state index contributed by atoms with van der Waals surface area (Å²) in [6.07, 6.45) is 0.925. The van der Waals surface area contributed by atoms with E-state index in [1.54, 1.807) is 0 Å². The largest absolute Gasteiger partial charge is 0.388 e. The van der Waals surface area contributed by atoms with Crippen molar-refractivity contribution in [2.24, 2.45) is 0 Å². The molecule has 4 N–H and O–H groups in total. The van der Waals surface area contributed by atoms with E-state index in [1.165, 1.54) is 20.9 Å². The normalized spacial score (nSPS) is 15.3. The van der Waals surface area contributed by atoms with Gasteiger partial charge in [0.1, 0.15) is 11.9 Å².